The molecule has 1 unspecified atom stereocenters. The number of carbonyl (C=O) groups is 1. The quantitative estimate of drug-likeness (QED) is 0.730. The van der Waals surface area contributed by atoms with Crippen LogP contribution in [0.3, 0.4) is 0 Å². The number of carbonyl (C=O) groups excluding carboxylic acids is 1. The highest BCUT2D eigenvalue weighted by atomic mass is 16.3. The minimum atomic E-state index is -0.600. The molecule has 1 atom stereocenters. The fourth-order valence-electron chi connectivity index (χ4n) is 1.63. The van der Waals surface area contributed by atoms with Crippen LogP contribution in [-0.2, 0) is 4.79 Å². The van der Waals surface area contributed by atoms with E-state index in [0.29, 0.717) is 24.8 Å². The van der Waals surface area contributed by atoms with Gasteiger partial charge in [-0.1, -0.05) is 20.8 Å². The van der Waals surface area contributed by atoms with E-state index in [1.54, 1.807) is 0 Å². The monoisotopic (exact) mass is 213 g/mol. The van der Waals surface area contributed by atoms with Crippen molar-refractivity contribution in [3.8, 4) is 0 Å². The van der Waals surface area contributed by atoms with Crippen molar-refractivity contribution in [1.82, 2.24) is 5.32 Å². The van der Waals surface area contributed by atoms with Crippen molar-refractivity contribution in [1.29, 1.82) is 0 Å². The van der Waals surface area contributed by atoms with Crippen molar-refractivity contribution in [2.75, 3.05) is 6.54 Å². The summed E-state index contributed by atoms with van der Waals surface area (Å²) in [5.74, 6) is 1.00. The van der Waals surface area contributed by atoms with E-state index in [2.05, 4.69) is 26.1 Å². The van der Waals surface area contributed by atoms with Crippen molar-refractivity contribution in [2.45, 2.75) is 52.1 Å². The molecule has 0 heterocycles. The number of aliphatic hydroxyl groups is 1. The molecule has 0 aromatic rings. The molecule has 3 heteroatoms. The summed E-state index contributed by atoms with van der Waals surface area (Å²) in [5.41, 5.74) is -0.600. The molecule has 0 aliphatic heterocycles. The lowest BCUT2D eigenvalue weighted by molar-refractivity contribution is -0.124. The second kappa shape index (κ2) is 4.97. The molecule has 1 aliphatic rings. The zero-order valence-electron chi connectivity index (χ0n) is 10.0. The molecule has 1 saturated carbocycles. The van der Waals surface area contributed by atoms with Gasteiger partial charge in [-0.05, 0) is 31.1 Å². The van der Waals surface area contributed by atoms with Crippen LogP contribution in [0, 0.1) is 11.8 Å². The molecular weight excluding hydrogens is 190 g/mol. The molecular formula is C12H23NO2. The van der Waals surface area contributed by atoms with Gasteiger partial charge in [-0.15, -0.1) is 0 Å². The molecule has 1 amide bonds. The average Bonchev–Trinajstić information content (AvgIpc) is 2.11. The van der Waals surface area contributed by atoms with Gasteiger partial charge in [0.2, 0.25) is 5.91 Å². The highest BCUT2D eigenvalue weighted by Crippen LogP contribution is 2.30. The van der Waals surface area contributed by atoms with Crippen LogP contribution in [0.15, 0.2) is 0 Å². The van der Waals surface area contributed by atoms with Gasteiger partial charge in [-0.2, -0.15) is 0 Å². The van der Waals surface area contributed by atoms with E-state index in [1.165, 1.54) is 0 Å². The smallest absolute Gasteiger partial charge is 0.220 e. The maximum absolute atomic E-state index is 11.5. The van der Waals surface area contributed by atoms with Crippen LogP contribution < -0.4 is 5.32 Å². The minimum absolute atomic E-state index is 0.0662. The molecule has 2 N–H and O–H groups in total. The lowest BCUT2D eigenvalue weighted by Crippen LogP contribution is -2.48. The first-order chi connectivity index (χ1) is 6.93. The van der Waals surface area contributed by atoms with Crippen LogP contribution >= 0.6 is 0 Å². The lowest BCUT2D eigenvalue weighted by atomic mass is 9.80. The summed E-state index contributed by atoms with van der Waals surface area (Å²) in [6.45, 7) is 6.76. The van der Waals surface area contributed by atoms with Crippen molar-refractivity contribution in [3.63, 3.8) is 0 Å². The highest BCUT2D eigenvalue weighted by Gasteiger charge is 2.34. The molecule has 0 radical (unpaired) electrons. The Morgan fingerprint density at radius 2 is 2.00 bits per heavy atom. The first-order valence-electron chi connectivity index (χ1n) is 5.92. The summed E-state index contributed by atoms with van der Waals surface area (Å²) < 4.78 is 0. The molecule has 0 bridgehead atoms. The molecule has 0 aromatic heterocycles. The maximum Gasteiger partial charge on any atom is 0.220 e. The van der Waals surface area contributed by atoms with Gasteiger partial charge in [0.15, 0.2) is 0 Å². The summed E-state index contributed by atoms with van der Waals surface area (Å²) in [4.78, 5) is 11.5. The van der Waals surface area contributed by atoms with E-state index in [9.17, 15) is 9.90 Å². The number of hydrogen-bond acceptors (Lipinski definition) is 2. The van der Waals surface area contributed by atoms with Crippen LogP contribution in [0.2, 0.25) is 0 Å². The standard InChI is InChI=1S/C12H23NO2/c1-9(2)10(3)7-11(14)13-8-12(15)5-4-6-12/h9-10,15H,4-8H2,1-3H3,(H,13,14). The lowest BCUT2D eigenvalue weighted by Gasteiger charge is -2.36. The Kier molecular flexibility index (Phi) is 4.14. The van der Waals surface area contributed by atoms with E-state index >= 15 is 0 Å². The second-order valence-electron chi connectivity index (χ2n) is 5.28. The predicted molar refractivity (Wildman–Crippen MR) is 60.4 cm³/mol. The van der Waals surface area contributed by atoms with Gasteiger partial charge in [0.25, 0.3) is 0 Å². The van der Waals surface area contributed by atoms with Crippen molar-refractivity contribution in [2.24, 2.45) is 11.8 Å². The summed E-state index contributed by atoms with van der Waals surface area (Å²) in [5, 5.41) is 12.6. The highest BCUT2D eigenvalue weighted by molar-refractivity contribution is 5.76. The van der Waals surface area contributed by atoms with Crippen LogP contribution in [0.25, 0.3) is 0 Å². The fourth-order valence-corrected chi connectivity index (χ4v) is 1.63. The number of rotatable bonds is 5. The molecule has 0 aromatic carbocycles. The molecule has 1 aliphatic carbocycles. The van der Waals surface area contributed by atoms with Gasteiger partial charge in [0, 0.05) is 13.0 Å². The van der Waals surface area contributed by atoms with E-state index < -0.39 is 5.60 Å². The zero-order valence-corrected chi connectivity index (χ0v) is 10.0. The number of nitrogens with one attached hydrogen (secondary N) is 1. The number of amides is 1. The Bertz CT molecular complexity index is 222. The molecule has 1 fully saturated rings. The van der Waals surface area contributed by atoms with Crippen LogP contribution in [0.5, 0.6) is 0 Å². The Labute approximate surface area is 92.3 Å². The van der Waals surface area contributed by atoms with Crippen molar-refractivity contribution in [3.05, 3.63) is 0 Å². The Morgan fingerprint density at radius 1 is 1.40 bits per heavy atom. The van der Waals surface area contributed by atoms with Gasteiger partial charge < -0.3 is 10.4 Å². The Hall–Kier alpha value is -0.570. The van der Waals surface area contributed by atoms with E-state index in [4.69, 9.17) is 0 Å². The summed E-state index contributed by atoms with van der Waals surface area (Å²) >= 11 is 0. The first kappa shape index (κ1) is 12.5. The Morgan fingerprint density at radius 3 is 2.40 bits per heavy atom. The largest absolute Gasteiger partial charge is 0.388 e. The third-order valence-corrected chi connectivity index (χ3v) is 3.54. The fraction of sp³-hybridized carbons (Fsp3) is 0.917. The first-order valence-corrected chi connectivity index (χ1v) is 5.92. The SMILES string of the molecule is CC(C)C(C)CC(=O)NCC1(O)CCC1. The molecule has 0 spiro atoms. The third kappa shape index (κ3) is 3.82. The molecule has 0 saturated heterocycles. The van der Waals surface area contributed by atoms with Gasteiger partial charge in [0.05, 0.1) is 5.60 Å². The third-order valence-electron chi connectivity index (χ3n) is 3.54. The van der Waals surface area contributed by atoms with Crippen LogP contribution in [0.1, 0.15) is 46.5 Å². The topological polar surface area (TPSA) is 49.3 Å². The minimum Gasteiger partial charge on any atom is -0.388 e. The summed E-state index contributed by atoms with van der Waals surface area (Å²) in [6.07, 6.45) is 3.29. The van der Waals surface area contributed by atoms with Gasteiger partial charge >= 0.3 is 0 Å². The average molecular weight is 213 g/mol. The van der Waals surface area contributed by atoms with Gasteiger partial charge in [-0.25, -0.2) is 0 Å². The van der Waals surface area contributed by atoms with Gasteiger partial charge in [-0.3, -0.25) is 4.79 Å². The summed E-state index contributed by atoms with van der Waals surface area (Å²) in [6, 6.07) is 0. The summed E-state index contributed by atoms with van der Waals surface area (Å²) in [7, 11) is 0. The van der Waals surface area contributed by atoms with Gasteiger partial charge in [0.1, 0.15) is 0 Å². The Balaban J connectivity index is 2.18. The van der Waals surface area contributed by atoms with E-state index in [-0.39, 0.29) is 5.91 Å². The van der Waals surface area contributed by atoms with E-state index in [0.717, 1.165) is 19.3 Å². The molecule has 88 valence electrons. The zero-order chi connectivity index (χ0) is 11.5. The number of hydrogen-bond donors (Lipinski definition) is 2. The predicted octanol–water partition coefficient (Wildman–Crippen LogP) is 1.70. The maximum atomic E-state index is 11.5. The van der Waals surface area contributed by atoms with Crippen molar-refractivity contribution >= 4 is 5.91 Å². The molecule has 1 rings (SSSR count). The van der Waals surface area contributed by atoms with Crippen molar-refractivity contribution < 1.29 is 9.90 Å². The normalized spacial score (nSPS) is 20.9. The van der Waals surface area contributed by atoms with Crippen LogP contribution in [-0.4, -0.2) is 23.2 Å². The molecule has 15 heavy (non-hydrogen) atoms. The van der Waals surface area contributed by atoms with Crippen LogP contribution in [0.4, 0.5) is 0 Å². The molecule has 3 nitrogen and oxygen atoms in total. The van der Waals surface area contributed by atoms with E-state index in [1.807, 2.05) is 0 Å². The second-order valence-corrected chi connectivity index (χ2v) is 5.28.